The van der Waals surface area contributed by atoms with E-state index in [1.807, 2.05) is 0 Å². The number of aliphatic hydroxyl groups excluding tert-OH is 1. The summed E-state index contributed by atoms with van der Waals surface area (Å²) in [6.45, 7) is 0.769. The highest BCUT2D eigenvalue weighted by Gasteiger charge is 2.32. The number of aliphatic hydroxyl groups is 1. The van der Waals surface area contributed by atoms with Crippen molar-refractivity contribution >= 4 is 27.2 Å². The van der Waals surface area contributed by atoms with E-state index in [9.17, 15) is 8.42 Å². The molecule has 1 atom stereocenters. The molecule has 19 heavy (non-hydrogen) atoms. The summed E-state index contributed by atoms with van der Waals surface area (Å²) in [5.41, 5.74) is 5.80. The summed E-state index contributed by atoms with van der Waals surface area (Å²) in [6.07, 6.45) is 1.93. The Balaban J connectivity index is 2.22. The van der Waals surface area contributed by atoms with E-state index in [1.54, 1.807) is 0 Å². The van der Waals surface area contributed by atoms with E-state index in [0.717, 1.165) is 0 Å². The predicted octanol–water partition coefficient (Wildman–Crippen LogP) is -0.281. The minimum atomic E-state index is -3.55. The van der Waals surface area contributed by atoms with Crippen LogP contribution in [0.15, 0.2) is 23.2 Å². The number of nitrogens with zero attached hydrogens (tertiary/aromatic N) is 2. The maximum atomic E-state index is 12.3. The molecule has 0 bridgehead atoms. The first-order valence-electron chi connectivity index (χ1n) is 5.82. The van der Waals surface area contributed by atoms with Gasteiger partial charge in [-0.2, -0.15) is 4.31 Å². The van der Waals surface area contributed by atoms with E-state index in [2.05, 4.69) is 4.98 Å². The highest BCUT2D eigenvalue weighted by Crippen LogP contribution is 2.23. The molecule has 3 N–H and O–H groups in total. The number of thiocarbonyl (C=S) groups is 1. The van der Waals surface area contributed by atoms with Crippen LogP contribution in [0, 0.1) is 5.92 Å². The van der Waals surface area contributed by atoms with Gasteiger partial charge in [-0.3, -0.25) is 4.98 Å². The SMILES string of the molecule is NC(=S)c1ccc(S(=O)(=O)N2CCC(CO)C2)cn1. The first kappa shape index (κ1) is 14.3. The number of hydrogen-bond acceptors (Lipinski definition) is 5. The fraction of sp³-hybridized carbons (Fsp3) is 0.455. The van der Waals surface area contributed by atoms with Gasteiger partial charge >= 0.3 is 0 Å². The average Bonchev–Trinajstić information content (AvgIpc) is 2.88. The molecule has 1 aliphatic heterocycles. The first-order chi connectivity index (χ1) is 8.95. The molecular formula is C11H15N3O3S2. The van der Waals surface area contributed by atoms with Crippen molar-refractivity contribution in [2.45, 2.75) is 11.3 Å². The Bertz CT molecular complexity index is 571. The second kappa shape index (κ2) is 5.49. The van der Waals surface area contributed by atoms with Crippen molar-refractivity contribution in [2.75, 3.05) is 19.7 Å². The Hall–Kier alpha value is -1.09. The van der Waals surface area contributed by atoms with Crippen LogP contribution in [0.25, 0.3) is 0 Å². The second-order valence-electron chi connectivity index (χ2n) is 4.44. The van der Waals surface area contributed by atoms with Crippen molar-refractivity contribution in [1.29, 1.82) is 0 Å². The van der Waals surface area contributed by atoms with Gasteiger partial charge in [-0.15, -0.1) is 0 Å². The summed E-state index contributed by atoms with van der Waals surface area (Å²) in [4.78, 5) is 4.18. The van der Waals surface area contributed by atoms with Crippen molar-refractivity contribution in [3.8, 4) is 0 Å². The predicted molar refractivity (Wildman–Crippen MR) is 74.1 cm³/mol. The van der Waals surface area contributed by atoms with Gasteiger partial charge in [0.25, 0.3) is 0 Å². The number of sulfonamides is 1. The summed E-state index contributed by atoms with van der Waals surface area (Å²) in [5, 5.41) is 9.06. The minimum absolute atomic E-state index is 0.00461. The van der Waals surface area contributed by atoms with E-state index < -0.39 is 10.0 Å². The number of pyridine rings is 1. The van der Waals surface area contributed by atoms with Gasteiger partial charge < -0.3 is 10.8 Å². The van der Waals surface area contributed by atoms with E-state index >= 15 is 0 Å². The van der Waals surface area contributed by atoms with Crippen molar-refractivity contribution in [3.63, 3.8) is 0 Å². The van der Waals surface area contributed by atoms with Crippen molar-refractivity contribution in [1.82, 2.24) is 9.29 Å². The lowest BCUT2D eigenvalue weighted by atomic mass is 10.1. The lowest BCUT2D eigenvalue weighted by molar-refractivity contribution is 0.233. The maximum absolute atomic E-state index is 12.3. The first-order valence-corrected chi connectivity index (χ1v) is 7.67. The van der Waals surface area contributed by atoms with Gasteiger partial charge in [-0.1, -0.05) is 12.2 Å². The maximum Gasteiger partial charge on any atom is 0.244 e. The Morgan fingerprint density at radius 3 is 2.79 bits per heavy atom. The third-order valence-corrected chi connectivity index (χ3v) is 5.19. The van der Waals surface area contributed by atoms with Crippen LogP contribution in [0.3, 0.4) is 0 Å². The molecule has 2 heterocycles. The molecule has 0 saturated carbocycles. The lowest BCUT2D eigenvalue weighted by Gasteiger charge is -2.16. The number of aromatic nitrogens is 1. The molecule has 0 aliphatic carbocycles. The van der Waals surface area contributed by atoms with Crippen LogP contribution in [-0.2, 0) is 10.0 Å². The Morgan fingerprint density at radius 2 is 2.32 bits per heavy atom. The number of hydrogen-bond donors (Lipinski definition) is 2. The summed E-state index contributed by atoms with van der Waals surface area (Å²) in [6, 6.07) is 2.94. The van der Waals surface area contributed by atoms with Crippen molar-refractivity contribution in [3.05, 3.63) is 24.0 Å². The van der Waals surface area contributed by atoms with Crippen LogP contribution in [0.4, 0.5) is 0 Å². The van der Waals surface area contributed by atoms with Crippen LogP contribution < -0.4 is 5.73 Å². The van der Waals surface area contributed by atoms with Crippen molar-refractivity contribution < 1.29 is 13.5 Å². The van der Waals surface area contributed by atoms with E-state index in [0.29, 0.717) is 25.2 Å². The van der Waals surface area contributed by atoms with Gasteiger partial charge in [0.1, 0.15) is 9.88 Å². The Morgan fingerprint density at radius 1 is 1.58 bits per heavy atom. The quantitative estimate of drug-likeness (QED) is 0.742. The molecule has 0 spiro atoms. The zero-order valence-corrected chi connectivity index (χ0v) is 11.8. The Labute approximate surface area is 117 Å². The van der Waals surface area contributed by atoms with E-state index in [4.69, 9.17) is 23.1 Å². The highest BCUT2D eigenvalue weighted by atomic mass is 32.2. The van der Waals surface area contributed by atoms with Crippen LogP contribution in [0.2, 0.25) is 0 Å². The summed E-state index contributed by atoms with van der Waals surface area (Å²) >= 11 is 4.76. The summed E-state index contributed by atoms with van der Waals surface area (Å²) in [5.74, 6) is 0.0126. The van der Waals surface area contributed by atoms with Gasteiger partial charge in [0, 0.05) is 25.9 Å². The van der Waals surface area contributed by atoms with Gasteiger partial charge in [0.15, 0.2) is 0 Å². The van der Waals surface area contributed by atoms with Crippen molar-refractivity contribution in [2.24, 2.45) is 11.7 Å². The van der Waals surface area contributed by atoms with Crippen LogP contribution in [-0.4, -0.2) is 47.5 Å². The van der Waals surface area contributed by atoms with Crippen LogP contribution in [0.1, 0.15) is 12.1 Å². The molecule has 1 aliphatic rings. The van der Waals surface area contributed by atoms with Gasteiger partial charge in [0.2, 0.25) is 10.0 Å². The van der Waals surface area contributed by atoms with Crippen LogP contribution >= 0.6 is 12.2 Å². The third-order valence-electron chi connectivity index (χ3n) is 3.13. The Kier molecular flexibility index (Phi) is 4.14. The molecule has 8 heteroatoms. The van der Waals surface area contributed by atoms with Crippen LogP contribution in [0.5, 0.6) is 0 Å². The molecule has 6 nitrogen and oxygen atoms in total. The normalized spacial score (nSPS) is 20.6. The average molecular weight is 301 g/mol. The number of rotatable bonds is 4. The van der Waals surface area contributed by atoms with E-state index in [1.165, 1.54) is 22.6 Å². The number of nitrogens with two attached hydrogens (primary N) is 1. The third kappa shape index (κ3) is 2.92. The minimum Gasteiger partial charge on any atom is -0.396 e. The standard InChI is InChI=1S/C11H15N3O3S2/c12-11(18)10-2-1-9(5-13-10)19(16,17)14-4-3-8(6-14)7-15/h1-2,5,8,15H,3-4,6-7H2,(H2,12,18). The lowest BCUT2D eigenvalue weighted by Crippen LogP contribution is -2.29. The molecule has 0 aromatic carbocycles. The fourth-order valence-corrected chi connectivity index (χ4v) is 3.59. The second-order valence-corrected chi connectivity index (χ2v) is 6.82. The van der Waals surface area contributed by atoms with Gasteiger partial charge in [-0.25, -0.2) is 8.42 Å². The summed E-state index contributed by atoms with van der Waals surface area (Å²) < 4.78 is 26.0. The molecular weight excluding hydrogens is 286 g/mol. The zero-order valence-electron chi connectivity index (χ0n) is 10.2. The zero-order chi connectivity index (χ0) is 14.0. The molecule has 1 fully saturated rings. The molecule has 1 unspecified atom stereocenters. The largest absolute Gasteiger partial charge is 0.396 e. The molecule has 1 saturated heterocycles. The van der Waals surface area contributed by atoms with Gasteiger partial charge in [-0.05, 0) is 24.5 Å². The molecule has 0 radical (unpaired) electrons. The highest BCUT2D eigenvalue weighted by molar-refractivity contribution is 7.89. The summed E-state index contributed by atoms with van der Waals surface area (Å²) in [7, 11) is -3.55. The fourth-order valence-electron chi connectivity index (χ4n) is 1.99. The molecule has 104 valence electrons. The molecule has 2 rings (SSSR count). The monoisotopic (exact) mass is 301 g/mol. The molecule has 1 aromatic heterocycles. The molecule has 0 amide bonds. The van der Waals surface area contributed by atoms with E-state index in [-0.39, 0.29) is 22.4 Å². The molecule has 1 aromatic rings. The smallest absolute Gasteiger partial charge is 0.244 e. The topological polar surface area (TPSA) is 96.5 Å². The van der Waals surface area contributed by atoms with Gasteiger partial charge in [0.05, 0.1) is 5.69 Å².